The number of likely N-dealkylation sites (tertiary alicyclic amines) is 1. The molecule has 2 aliphatic heterocycles. The van der Waals surface area contributed by atoms with Crippen LogP contribution >= 0.6 is 0 Å². The molecule has 3 aromatic rings. The lowest BCUT2D eigenvalue weighted by Crippen LogP contribution is -2.53. The zero-order chi connectivity index (χ0) is 24.6. The Morgan fingerprint density at radius 3 is 2.60 bits per heavy atom. The quantitative estimate of drug-likeness (QED) is 0.531. The summed E-state index contributed by atoms with van der Waals surface area (Å²) in [7, 11) is 0. The fourth-order valence-electron chi connectivity index (χ4n) is 4.56. The van der Waals surface area contributed by atoms with Crippen LogP contribution in [0.4, 0.5) is 4.79 Å². The van der Waals surface area contributed by atoms with Gasteiger partial charge in [-0.05, 0) is 75.4 Å². The third-order valence-corrected chi connectivity index (χ3v) is 6.39. The van der Waals surface area contributed by atoms with E-state index in [-0.39, 0.29) is 24.0 Å². The van der Waals surface area contributed by atoms with E-state index in [0.717, 1.165) is 53.6 Å². The van der Waals surface area contributed by atoms with Gasteiger partial charge in [0.25, 0.3) is 0 Å². The maximum atomic E-state index is 12.2. The minimum atomic E-state index is -0.499. The number of benzene rings is 2. The Balaban J connectivity index is 1.36. The Hall–Kier alpha value is -3.26. The smallest absolute Gasteiger partial charge is 0.410 e. The van der Waals surface area contributed by atoms with Gasteiger partial charge in [-0.1, -0.05) is 12.1 Å². The van der Waals surface area contributed by atoms with Crippen LogP contribution in [-0.4, -0.2) is 57.8 Å². The van der Waals surface area contributed by atoms with Crippen LogP contribution in [-0.2, 0) is 9.47 Å². The van der Waals surface area contributed by atoms with E-state index in [9.17, 15) is 9.90 Å². The normalized spacial score (nSPS) is 18.9. The second kappa shape index (κ2) is 9.41. The van der Waals surface area contributed by atoms with Gasteiger partial charge < -0.3 is 24.2 Å². The Bertz CT molecular complexity index is 1190. The number of phenols is 1. The number of hydrogen-bond acceptors (Lipinski definition) is 6. The number of fused-ring (bicyclic) bond motifs is 1. The van der Waals surface area contributed by atoms with Crippen molar-refractivity contribution in [2.24, 2.45) is 5.92 Å². The van der Waals surface area contributed by atoms with Crippen LogP contribution in [0.25, 0.3) is 22.0 Å². The Labute approximate surface area is 205 Å². The van der Waals surface area contributed by atoms with E-state index in [1.54, 1.807) is 17.0 Å². The highest BCUT2D eigenvalue weighted by molar-refractivity contribution is 5.90. The number of hydrogen-bond donors (Lipinski definition) is 1. The molecule has 1 amide bonds. The van der Waals surface area contributed by atoms with E-state index in [4.69, 9.17) is 14.2 Å². The molecule has 1 N–H and O–H groups in total. The van der Waals surface area contributed by atoms with Crippen molar-refractivity contribution in [3.8, 4) is 22.6 Å². The predicted molar refractivity (Wildman–Crippen MR) is 132 cm³/mol. The van der Waals surface area contributed by atoms with Crippen molar-refractivity contribution < 1.29 is 24.1 Å². The minimum absolute atomic E-state index is 0.0850. The summed E-state index contributed by atoms with van der Waals surface area (Å²) in [4.78, 5) is 13.9. The number of rotatable bonds is 5. The summed E-state index contributed by atoms with van der Waals surface area (Å²) in [6.07, 6.45) is 4.60. The number of nitrogens with zero attached hydrogens (tertiary/aromatic N) is 3. The molecule has 3 heterocycles. The molecule has 1 unspecified atom stereocenters. The van der Waals surface area contributed by atoms with Gasteiger partial charge in [-0.15, -0.1) is 0 Å². The number of carbonyl (C=O) groups excluding carboxylic acids is 1. The van der Waals surface area contributed by atoms with E-state index >= 15 is 0 Å². The Kier molecular flexibility index (Phi) is 6.32. The van der Waals surface area contributed by atoms with Crippen LogP contribution < -0.4 is 4.74 Å². The zero-order valence-corrected chi connectivity index (χ0v) is 20.6. The van der Waals surface area contributed by atoms with E-state index in [1.807, 2.05) is 49.8 Å². The topological polar surface area (TPSA) is 86.0 Å². The molecule has 0 saturated carbocycles. The molecular weight excluding hydrogens is 446 g/mol. The molecule has 0 bridgehead atoms. The first-order valence-electron chi connectivity index (χ1n) is 12.3. The molecule has 2 saturated heterocycles. The number of phenolic OH excluding ortho intramolecular Hbond substituents is 1. The first-order chi connectivity index (χ1) is 16.8. The lowest BCUT2D eigenvalue weighted by molar-refractivity contribution is -0.0366. The largest absolute Gasteiger partial charge is 0.508 e. The molecule has 1 aromatic heterocycles. The highest BCUT2D eigenvalue weighted by Crippen LogP contribution is 2.36. The van der Waals surface area contributed by atoms with E-state index in [2.05, 4.69) is 11.2 Å². The van der Waals surface area contributed by atoms with Gasteiger partial charge in [0.1, 0.15) is 17.1 Å². The minimum Gasteiger partial charge on any atom is -0.508 e. The summed E-state index contributed by atoms with van der Waals surface area (Å²) in [5, 5.41) is 15.3. The first-order valence-corrected chi connectivity index (χ1v) is 12.3. The molecule has 5 rings (SSSR count). The molecule has 2 aliphatic rings. The van der Waals surface area contributed by atoms with E-state index in [1.165, 1.54) is 0 Å². The van der Waals surface area contributed by atoms with Gasteiger partial charge in [0.15, 0.2) is 6.23 Å². The third kappa shape index (κ3) is 5.22. The molecule has 8 nitrogen and oxygen atoms in total. The molecule has 35 heavy (non-hydrogen) atoms. The van der Waals surface area contributed by atoms with Crippen LogP contribution in [0.5, 0.6) is 11.5 Å². The Morgan fingerprint density at radius 2 is 1.91 bits per heavy atom. The van der Waals surface area contributed by atoms with Gasteiger partial charge in [-0.3, -0.25) is 0 Å². The number of aromatic hydroxyl groups is 1. The van der Waals surface area contributed by atoms with Crippen LogP contribution in [0, 0.1) is 5.92 Å². The molecule has 0 radical (unpaired) electrons. The third-order valence-electron chi connectivity index (χ3n) is 6.39. The van der Waals surface area contributed by atoms with Crippen LogP contribution in [0.2, 0.25) is 0 Å². The number of amides is 1. The fraction of sp³-hybridized carbons (Fsp3) is 0.481. The fourth-order valence-corrected chi connectivity index (χ4v) is 4.56. The molecular formula is C27H33N3O5. The van der Waals surface area contributed by atoms with Crippen molar-refractivity contribution >= 4 is 17.0 Å². The average molecular weight is 480 g/mol. The summed E-state index contributed by atoms with van der Waals surface area (Å²) in [5.74, 6) is 1.22. The molecule has 2 aromatic carbocycles. The second-order valence-electron chi connectivity index (χ2n) is 10.4. The molecule has 186 valence electrons. The van der Waals surface area contributed by atoms with Gasteiger partial charge in [-0.25, -0.2) is 9.48 Å². The number of carbonyl (C=O) groups is 1. The summed E-state index contributed by atoms with van der Waals surface area (Å²) in [6, 6.07) is 11.3. The van der Waals surface area contributed by atoms with Crippen molar-refractivity contribution in [2.75, 3.05) is 26.3 Å². The second-order valence-corrected chi connectivity index (χ2v) is 10.4. The van der Waals surface area contributed by atoms with Crippen LogP contribution in [0.1, 0.15) is 46.3 Å². The SMILES string of the molecule is CC(C)(C)OC(=O)N1CC(COc2cc(-c3ccc(O)cc3)cc3c2cnn3C2CCCCO2)C1. The molecule has 0 aliphatic carbocycles. The van der Waals surface area contributed by atoms with Crippen molar-refractivity contribution in [3.05, 3.63) is 42.6 Å². The number of aromatic nitrogens is 2. The lowest BCUT2D eigenvalue weighted by Gasteiger charge is -2.39. The average Bonchev–Trinajstić information content (AvgIpc) is 3.22. The highest BCUT2D eigenvalue weighted by atomic mass is 16.6. The standard InChI is InChI=1S/C27H33N3O5/c1-27(2,3)35-26(32)29-15-18(16-29)17-34-24-13-20(19-7-9-21(31)10-8-19)12-23-22(24)14-28-30(23)25-6-4-5-11-33-25/h7-10,12-14,18,25,31H,4-6,11,15-17H2,1-3H3. The first kappa shape index (κ1) is 23.5. The lowest BCUT2D eigenvalue weighted by atomic mass is 10.0. The monoisotopic (exact) mass is 479 g/mol. The van der Waals surface area contributed by atoms with E-state index in [0.29, 0.717) is 19.7 Å². The van der Waals surface area contributed by atoms with Crippen LogP contribution in [0.15, 0.2) is 42.6 Å². The van der Waals surface area contributed by atoms with E-state index < -0.39 is 5.60 Å². The summed E-state index contributed by atoms with van der Waals surface area (Å²) < 4.78 is 19.7. The maximum absolute atomic E-state index is 12.2. The van der Waals surface area contributed by atoms with Crippen molar-refractivity contribution in [3.63, 3.8) is 0 Å². The van der Waals surface area contributed by atoms with Gasteiger partial charge in [0.05, 0.1) is 23.7 Å². The summed E-state index contributed by atoms with van der Waals surface area (Å²) in [6.45, 7) is 8.08. The maximum Gasteiger partial charge on any atom is 0.410 e. The van der Waals surface area contributed by atoms with Gasteiger partial charge >= 0.3 is 6.09 Å². The predicted octanol–water partition coefficient (Wildman–Crippen LogP) is 5.35. The zero-order valence-electron chi connectivity index (χ0n) is 20.6. The number of ether oxygens (including phenoxy) is 3. The molecule has 2 fully saturated rings. The van der Waals surface area contributed by atoms with Crippen molar-refractivity contribution in [2.45, 2.75) is 51.9 Å². The molecule has 0 spiro atoms. The Morgan fingerprint density at radius 1 is 1.14 bits per heavy atom. The molecule has 1 atom stereocenters. The van der Waals surface area contributed by atoms with Gasteiger partial charge in [0.2, 0.25) is 0 Å². The van der Waals surface area contributed by atoms with Gasteiger partial charge in [-0.2, -0.15) is 5.10 Å². The van der Waals surface area contributed by atoms with Crippen LogP contribution in [0.3, 0.4) is 0 Å². The van der Waals surface area contributed by atoms with Crippen molar-refractivity contribution in [1.82, 2.24) is 14.7 Å². The molecule has 8 heteroatoms. The summed E-state index contributed by atoms with van der Waals surface area (Å²) in [5.41, 5.74) is 2.42. The highest BCUT2D eigenvalue weighted by Gasteiger charge is 2.34. The summed E-state index contributed by atoms with van der Waals surface area (Å²) >= 11 is 0. The van der Waals surface area contributed by atoms with Gasteiger partial charge in [0, 0.05) is 25.6 Å². The van der Waals surface area contributed by atoms with Crippen molar-refractivity contribution in [1.29, 1.82) is 0 Å².